The second kappa shape index (κ2) is 4.54. The summed E-state index contributed by atoms with van der Waals surface area (Å²) in [7, 11) is 1.29. The van der Waals surface area contributed by atoms with Crippen molar-refractivity contribution in [1.29, 1.82) is 0 Å². The van der Waals surface area contributed by atoms with Gasteiger partial charge in [-0.1, -0.05) is 15.9 Å². The van der Waals surface area contributed by atoms with Crippen LogP contribution in [0.1, 0.15) is 17.7 Å². The molecule has 0 aliphatic heterocycles. The third-order valence-electron chi connectivity index (χ3n) is 1.68. The van der Waals surface area contributed by atoms with Gasteiger partial charge in [0.15, 0.2) is 0 Å². The van der Waals surface area contributed by atoms with E-state index in [4.69, 9.17) is 10.5 Å². The highest BCUT2D eigenvalue weighted by molar-refractivity contribution is 9.08. The molecule has 0 spiro atoms. The first-order valence-electron chi connectivity index (χ1n) is 3.77. The molecular formula is C8H9BrF2N2O. The maximum absolute atomic E-state index is 12.4. The first kappa shape index (κ1) is 11.2. The van der Waals surface area contributed by atoms with E-state index in [0.717, 1.165) is 0 Å². The fraction of sp³-hybridized carbons (Fsp3) is 0.375. The van der Waals surface area contributed by atoms with Gasteiger partial charge in [-0.15, -0.1) is 0 Å². The minimum absolute atomic E-state index is 0.0800. The van der Waals surface area contributed by atoms with E-state index in [0.29, 0.717) is 11.0 Å². The quantitative estimate of drug-likeness (QED) is 0.856. The van der Waals surface area contributed by atoms with Crippen molar-refractivity contribution in [1.82, 2.24) is 4.98 Å². The van der Waals surface area contributed by atoms with Crippen LogP contribution in [0.3, 0.4) is 0 Å². The minimum atomic E-state index is -2.64. The molecule has 0 unspecified atom stereocenters. The standard InChI is InChI=1S/C8H9BrF2N2O/c1-14-8-4(7(10)11)2-5(12)6(3-9)13-8/h2,7H,3,12H2,1H3. The third kappa shape index (κ3) is 2.12. The van der Waals surface area contributed by atoms with E-state index < -0.39 is 6.43 Å². The molecular weight excluding hydrogens is 258 g/mol. The number of anilines is 1. The number of nitrogens with two attached hydrogens (primary N) is 1. The summed E-state index contributed by atoms with van der Waals surface area (Å²) < 4.78 is 29.6. The summed E-state index contributed by atoms with van der Waals surface area (Å²) in [6.45, 7) is 0. The van der Waals surface area contributed by atoms with Gasteiger partial charge in [-0.05, 0) is 6.07 Å². The van der Waals surface area contributed by atoms with Crippen molar-refractivity contribution in [3.63, 3.8) is 0 Å². The van der Waals surface area contributed by atoms with Crippen LogP contribution in [0.25, 0.3) is 0 Å². The average molecular weight is 267 g/mol. The van der Waals surface area contributed by atoms with Crippen LogP contribution in [0.15, 0.2) is 6.07 Å². The van der Waals surface area contributed by atoms with Crippen LogP contribution < -0.4 is 10.5 Å². The fourth-order valence-electron chi connectivity index (χ4n) is 0.991. The van der Waals surface area contributed by atoms with E-state index in [9.17, 15) is 8.78 Å². The molecule has 2 N–H and O–H groups in total. The zero-order chi connectivity index (χ0) is 10.7. The maximum atomic E-state index is 12.4. The summed E-state index contributed by atoms with van der Waals surface area (Å²) in [5.41, 5.74) is 5.96. The van der Waals surface area contributed by atoms with E-state index in [2.05, 4.69) is 20.9 Å². The Morgan fingerprint density at radius 2 is 2.29 bits per heavy atom. The summed E-state index contributed by atoms with van der Waals surface area (Å²) in [4.78, 5) is 3.86. The van der Waals surface area contributed by atoms with Crippen LogP contribution in [-0.4, -0.2) is 12.1 Å². The average Bonchev–Trinajstić information content (AvgIpc) is 2.17. The highest BCUT2D eigenvalue weighted by atomic mass is 79.9. The van der Waals surface area contributed by atoms with Crippen LogP contribution in [0.2, 0.25) is 0 Å². The van der Waals surface area contributed by atoms with Gasteiger partial charge in [0.2, 0.25) is 5.88 Å². The molecule has 1 aromatic heterocycles. The fourth-order valence-corrected chi connectivity index (χ4v) is 1.44. The van der Waals surface area contributed by atoms with Gasteiger partial charge >= 0.3 is 0 Å². The zero-order valence-electron chi connectivity index (χ0n) is 7.43. The lowest BCUT2D eigenvalue weighted by molar-refractivity contribution is 0.146. The molecule has 0 bridgehead atoms. The van der Waals surface area contributed by atoms with Crippen molar-refractivity contribution < 1.29 is 13.5 Å². The van der Waals surface area contributed by atoms with Crippen LogP contribution >= 0.6 is 15.9 Å². The number of alkyl halides is 3. The van der Waals surface area contributed by atoms with Gasteiger partial charge in [0.1, 0.15) is 0 Å². The van der Waals surface area contributed by atoms with Gasteiger partial charge < -0.3 is 10.5 Å². The van der Waals surface area contributed by atoms with Crippen LogP contribution in [0.4, 0.5) is 14.5 Å². The topological polar surface area (TPSA) is 48.1 Å². The molecule has 0 amide bonds. The Balaban J connectivity index is 3.24. The molecule has 0 atom stereocenters. The smallest absolute Gasteiger partial charge is 0.269 e. The first-order chi connectivity index (χ1) is 6.60. The Kier molecular flexibility index (Phi) is 3.62. The number of halogens is 3. The Bertz CT molecular complexity index is 333. The van der Waals surface area contributed by atoms with Gasteiger partial charge in [0.05, 0.1) is 24.1 Å². The molecule has 0 aromatic carbocycles. The molecule has 1 heterocycles. The molecule has 0 aliphatic rings. The van der Waals surface area contributed by atoms with Crippen molar-refractivity contribution in [3.8, 4) is 5.88 Å². The zero-order valence-corrected chi connectivity index (χ0v) is 9.01. The number of pyridine rings is 1. The van der Waals surface area contributed by atoms with Gasteiger partial charge in [-0.2, -0.15) is 0 Å². The largest absolute Gasteiger partial charge is 0.481 e. The number of methoxy groups -OCH3 is 1. The summed E-state index contributed by atoms with van der Waals surface area (Å²) >= 11 is 3.15. The van der Waals surface area contributed by atoms with Crippen LogP contribution in [0.5, 0.6) is 5.88 Å². The molecule has 0 saturated carbocycles. The molecule has 0 fully saturated rings. The van der Waals surface area contributed by atoms with E-state index in [1.54, 1.807) is 0 Å². The normalized spacial score (nSPS) is 10.6. The lowest BCUT2D eigenvalue weighted by atomic mass is 10.2. The Hall–Kier alpha value is -0.910. The van der Waals surface area contributed by atoms with Crippen molar-refractivity contribution in [3.05, 3.63) is 17.3 Å². The predicted molar refractivity (Wildman–Crippen MR) is 52.8 cm³/mol. The van der Waals surface area contributed by atoms with Crippen molar-refractivity contribution in [2.75, 3.05) is 12.8 Å². The molecule has 0 radical (unpaired) electrons. The summed E-state index contributed by atoms with van der Waals surface area (Å²) in [5, 5.41) is 0.401. The number of nitrogens with zero attached hydrogens (tertiary/aromatic N) is 1. The molecule has 3 nitrogen and oxygen atoms in total. The van der Waals surface area contributed by atoms with Gasteiger partial charge in [-0.25, -0.2) is 13.8 Å². The Morgan fingerprint density at radius 3 is 2.71 bits per heavy atom. The van der Waals surface area contributed by atoms with Crippen LogP contribution in [0, 0.1) is 0 Å². The summed E-state index contributed by atoms with van der Waals surface area (Å²) in [6.07, 6.45) is -2.64. The third-order valence-corrected chi connectivity index (χ3v) is 2.21. The summed E-state index contributed by atoms with van der Waals surface area (Å²) in [5.74, 6) is -0.0800. The van der Waals surface area contributed by atoms with Crippen LogP contribution in [-0.2, 0) is 5.33 Å². The lowest BCUT2D eigenvalue weighted by Gasteiger charge is -2.09. The van der Waals surface area contributed by atoms with Crippen molar-refractivity contribution in [2.24, 2.45) is 0 Å². The van der Waals surface area contributed by atoms with Gasteiger partial charge in [0.25, 0.3) is 6.43 Å². The number of rotatable bonds is 3. The molecule has 14 heavy (non-hydrogen) atoms. The molecule has 78 valence electrons. The van der Waals surface area contributed by atoms with Gasteiger partial charge in [-0.3, -0.25) is 0 Å². The Labute approximate surface area is 88.4 Å². The first-order valence-corrected chi connectivity index (χ1v) is 4.89. The highest BCUT2D eigenvalue weighted by Gasteiger charge is 2.17. The second-order valence-corrected chi connectivity index (χ2v) is 3.12. The van der Waals surface area contributed by atoms with Gasteiger partial charge in [0, 0.05) is 5.33 Å². The Morgan fingerprint density at radius 1 is 1.64 bits per heavy atom. The molecule has 0 saturated heterocycles. The van der Waals surface area contributed by atoms with Crippen molar-refractivity contribution in [2.45, 2.75) is 11.8 Å². The number of aromatic nitrogens is 1. The minimum Gasteiger partial charge on any atom is -0.481 e. The second-order valence-electron chi connectivity index (χ2n) is 2.56. The SMILES string of the molecule is COc1nc(CBr)c(N)cc1C(F)F. The van der Waals surface area contributed by atoms with E-state index >= 15 is 0 Å². The predicted octanol–water partition coefficient (Wildman–Crippen LogP) is 2.50. The lowest BCUT2D eigenvalue weighted by Crippen LogP contribution is -2.02. The monoisotopic (exact) mass is 266 g/mol. The molecule has 0 aliphatic carbocycles. The number of ether oxygens (including phenoxy) is 1. The molecule has 1 aromatic rings. The molecule has 6 heteroatoms. The highest BCUT2D eigenvalue weighted by Crippen LogP contribution is 2.30. The maximum Gasteiger partial charge on any atom is 0.269 e. The summed E-state index contributed by atoms with van der Waals surface area (Å²) in [6, 6.07) is 1.19. The number of hydrogen-bond donors (Lipinski definition) is 1. The number of hydrogen-bond acceptors (Lipinski definition) is 3. The van der Waals surface area contributed by atoms with E-state index in [1.165, 1.54) is 13.2 Å². The van der Waals surface area contributed by atoms with E-state index in [1.807, 2.05) is 0 Å². The van der Waals surface area contributed by atoms with E-state index in [-0.39, 0.29) is 17.1 Å². The molecule has 1 rings (SSSR count). The van der Waals surface area contributed by atoms with Crippen molar-refractivity contribution >= 4 is 21.6 Å². The number of nitrogen functional groups attached to an aromatic ring is 1.